The molecule has 0 saturated carbocycles. The molecule has 14 heteroatoms. The SMILES string of the molecule is CCC1CN(Cc2ccc3c(c2)n(C)c(=O)n3C(CCC=O)C(=O)NC)CCN1CC1CCN(C(=O)c2ccc(C3CCN(C(C)/C(C)=C/c4c(-c5ccc(N)nc5)ccnc4C)CC3)cc2)CC1. The Morgan fingerprint density at radius 2 is 1.68 bits per heavy atom. The Morgan fingerprint density at radius 1 is 0.928 bits per heavy atom. The van der Waals surface area contributed by atoms with Crippen molar-refractivity contribution in [1.82, 2.24) is 44.0 Å². The van der Waals surface area contributed by atoms with E-state index in [1.807, 2.05) is 30.6 Å². The van der Waals surface area contributed by atoms with E-state index in [2.05, 4.69) is 111 Å². The maximum Gasteiger partial charge on any atom is 0.329 e. The van der Waals surface area contributed by atoms with E-state index in [0.717, 1.165) is 136 Å². The number of likely N-dealkylation sites (tertiary alicyclic amines) is 2. The molecule has 3 fully saturated rings. The van der Waals surface area contributed by atoms with E-state index in [1.165, 1.54) is 15.7 Å². The Kier molecular flexibility index (Phi) is 15.9. The molecule has 2 amide bonds. The van der Waals surface area contributed by atoms with Gasteiger partial charge in [-0.25, -0.2) is 9.78 Å². The van der Waals surface area contributed by atoms with Crippen molar-refractivity contribution in [2.75, 3.05) is 65.1 Å². The summed E-state index contributed by atoms with van der Waals surface area (Å²) in [5.74, 6) is 1.41. The van der Waals surface area contributed by atoms with Crippen LogP contribution < -0.4 is 16.7 Å². The molecule has 5 aromatic rings. The number of hydrogen-bond acceptors (Lipinski definition) is 10. The van der Waals surface area contributed by atoms with Crippen molar-refractivity contribution in [3.63, 3.8) is 0 Å². The number of amides is 2. The first kappa shape index (κ1) is 49.5. The van der Waals surface area contributed by atoms with Crippen LogP contribution in [0.4, 0.5) is 5.82 Å². The van der Waals surface area contributed by atoms with Crippen molar-refractivity contribution >= 4 is 41.0 Å². The van der Waals surface area contributed by atoms with Crippen molar-refractivity contribution in [3.8, 4) is 11.1 Å². The number of fused-ring (bicyclic) bond motifs is 1. The molecule has 14 nitrogen and oxygen atoms in total. The topological polar surface area (TPSA) is 155 Å². The lowest BCUT2D eigenvalue weighted by Gasteiger charge is -2.44. The number of rotatable bonds is 16. The van der Waals surface area contributed by atoms with Gasteiger partial charge in [0.1, 0.15) is 18.1 Å². The highest BCUT2D eigenvalue weighted by atomic mass is 16.2. The molecule has 3 aliphatic rings. The number of piperidine rings is 2. The molecule has 366 valence electrons. The minimum absolute atomic E-state index is 0.143. The number of carbonyl (C=O) groups is 3. The van der Waals surface area contributed by atoms with Crippen LogP contribution in [-0.4, -0.2) is 128 Å². The molecule has 0 bridgehead atoms. The molecule has 0 radical (unpaired) electrons. The molecule has 3 aliphatic heterocycles. The highest BCUT2D eigenvalue weighted by molar-refractivity contribution is 5.94. The summed E-state index contributed by atoms with van der Waals surface area (Å²) in [6.45, 7) is 17.3. The van der Waals surface area contributed by atoms with Crippen molar-refractivity contribution in [2.24, 2.45) is 13.0 Å². The van der Waals surface area contributed by atoms with E-state index >= 15 is 0 Å². The molecule has 0 spiro atoms. The second-order valence-electron chi connectivity index (χ2n) is 19.8. The standard InChI is InChI=1S/C55H72N10O4/c1-7-46-36-61(34-41-10-16-49-51(32-41)60(6)55(69)65(49)50(9-8-30-66)53(67)57-5)28-29-64(46)35-40-19-24-63(25-20-40)54(68)44-13-11-42(12-14-44)43-21-26-62(27-22-43)39(4)37(2)31-48-38(3)58-23-18-47(48)45-15-17-52(56)59-33-45/h10-18,23,30-33,39-40,43,46,50H,7-9,19-22,24-29,34-36H2,1-6H3,(H2,56,59)(H,57,67)/b37-31+. The van der Waals surface area contributed by atoms with Crippen LogP contribution in [0.25, 0.3) is 28.2 Å². The fourth-order valence-electron chi connectivity index (χ4n) is 11.1. The third-order valence-corrected chi connectivity index (χ3v) is 15.6. The molecule has 3 atom stereocenters. The molecular formula is C55H72N10O4. The minimum atomic E-state index is -0.750. The Bertz CT molecular complexity index is 2680. The number of aromatic nitrogens is 4. The number of nitrogens with zero attached hydrogens (tertiary/aromatic N) is 8. The predicted octanol–water partition coefficient (Wildman–Crippen LogP) is 7.07. The first-order valence-corrected chi connectivity index (χ1v) is 25.2. The van der Waals surface area contributed by atoms with Gasteiger partial charge in [-0.2, -0.15) is 0 Å². The van der Waals surface area contributed by atoms with Crippen LogP contribution in [0.15, 0.2) is 83.4 Å². The molecule has 3 saturated heterocycles. The van der Waals surface area contributed by atoms with Crippen molar-refractivity contribution in [2.45, 2.75) is 103 Å². The summed E-state index contributed by atoms with van der Waals surface area (Å²) in [6.07, 6.45) is 12.5. The first-order valence-electron chi connectivity index (χ1n) is 25.2. The molecule has 2 aromatic carbocycles. The third kappa shape index (κ3) is 11.1. The zero-order valence-electron chi connectivity index (χ0n) is 41.6. The van der Waals surface area contributed by atoms with E-state index < -0.39 is 6.04 Å². The number of aldehydes is 1. The number of imidazole rings is 1. The van der Waals surface area contributed by atoms with E-state index in [-0.39, 0.29) is 30.3 Å². The lowest BCUT2D eigenvalue weighted by Crippen LogP contribution is -2.54. The van der Waals surface area contributed by atoms with E-state index in [4.69, 9.17) is 5.73 Å². The average molecular weight is 937 g/mol. The maximum absolute atomic E-state index is 13.8. The average Bonchev–Trinajstić information content (AvgIpc) is 3.62. The maximum atomic E-state index is 13.8. The molecule has 3 aromatic heterocycles. The van der Waals surface area contributed by atoms with E-state index in [0.29, 0.717) is 35.3 Å². The second kappa shape index (κ2) is 22.2. The quantitative estimate of drug-likeness (QED) is 0.0983. The van der Waals surface area contributed by atoms with Gasteiger partial charge in [0.15, 0.2) is 0 Å². The Balaban J connectivity index is 0.794. The zero-order valence-corrected chi connectivity index (χ0v) is 41.6. The van der Waals surface area contributed by atoms with Crippen LogP contribution in [0, 0.1) is 12.8 Å². The lowest BCUT2D eigenvalue weighted by molar-refractivity contribution is -0.124. The Morgan fingerprint density at radius 3 is 2.36 bits per heavy atom. The van der Waals surface area contributed by atoms with Gasteiger partial charge in [0.05, 0.1) is 11.0 Å². The minimum Gasteiger partial charge on any atom is -0.384 e. The molecule has 0 aliphatic carbocycles. The van der Waals surface area contributed by atoms with Crippen molar-refractivity contribution < 1.29 is 14.4 Å². The van der Waals surface area contributed by atoms with Gasteiger partial charge in [-0.1, -0.05) is 36.8 Å². The molecule has 8 rings (SSSR count). The van der Waals surface area contributed by atoms with E-state index in [9.17, 15) is 19.2 Å². The summed E-state index contributed by atoms with van der Waals surface area (Å²) in [6, 6.07) is 20.5. The third-order valence-electron chi connectivity index (χ3n) is 15.6. The number of aryl methyl sites for hydroxylation is 2. The summed E-state index contributed by atoms with van der Waals surface area (Å²) in [5, 5.41) is 2.66. The summed E-state index contributed by atoms with van der Waals surface area (Å²) in [7, 11) is 3.29. The summed E-state index contributed by atoms with van der Waals surface area (Å²) in [5.41, 5.74) is 15.9. The van der Waals surface area contributed by atoms with Crippen molar-refractivity contribution in [1.29, 1.82) is 0 Å². The highest BCUT2D eigenvalue weighted by Crippen LogP contribution is 2.33. The number of nitrogens with two attached hydrogens (primary N) is 1. The summed E-state index contributed by atoms with van der Waals surface area (Å²) < 4.78 is 3.13. The Labute approximate surface area is 407 Å². The van der Waals surface area contributed by atoms with Gasteiger partial charge in [-0.3, -0.25) is 38.4 Å². The molecule has 69 heavy (non-hydrogen) atoms. The second-order valence-corrected chi connectivity index (χ2v) is 19.8. The number of carbonyl (C=O) groups excluding carboxylic acids is 3. The number of hydrogen-bond donors (Lipinski definition) is 2. The van der Waals surface area contributed by atoms with Crippen LogP contribution in [0.2, 0.25) is 0 Å². The van der Waals surface area contributed by atoms with Gasteiger partial charge in [-0.15, -0.1) is 0 Å². The van der Waals surface area contributed by atoms with E-state index in [1.54, 1.807) is 18.7 Å². The summed E-state index contributed by atoms with van der Waals surface area (Å²) in [4.78, 5) is 69.9. The van der Waals surface area contributed by atoms with Gasteiger partial charge in [0, 0.05) is 113 Å². The van der Waals surface area contributed by atoms with Crippen LogP contribution in [-0.2, 0) is 23.2 Å². The van der Waals surface area contributed by atoms with Gasteiger partial charge in [0.25, 0.3) is 5.91 Å². The van der Waals surface area contributed by atoms with Gasteiger partial charge in [-0.05, 0) is 143 Å². The number of nitrogens with one attached hydrogen (secondary N) is 1. The molecule has 3 N–H and O–H groups in total. The smallest absolute Gasteiger partial charge is 0.329 e. The van der Waals surface area contributed by atoms with Crippen LogP contribution >= 0.6 is 0 Å². The van der Waals surface area contributed by atoms with Crippen LogP contribution in [0.3, 0.4) is 0 Å². The van der Waals surface area contributed by atoms with Crippen LogP contribution in [0.5, 0.6) is 0 Å². The number of piperazine rings is 1. The number of pyridine rings is 2. The number of anilines is 1. The number of likely N-dealkylation sites (N-methyl/N-ethyl adjacent to an activating group) is 1. The van der Waals surface area contributed by atoms with Gasteiger partial charge < -0.3 is 20.7 Å². The normalized spacial score (nSPS) is 19.2. The number of benzene rings is 2. The monoisotopic (exact) mass is 937 g/mol. The lowest BCUT2D eigenvalue weighted by atomic mass is 9.87. The van der Waals surface area contributed by atoms with Gasteiger partial charge >= 0.3 is 5.69 Å². The van der Waals surface area contributed by atoms with Crippen LogP contribution in [0.1, 0.15) is 110 Å². The fraction of sp³-hybridized carbons (Fsp3) is 0.491. The first-order chi connectivity index (χ1) is 33.4. The number of nitrogen functional groups attached to an aromatic ring is 1. The Hall–Kier alpha value is -5.96. The molecular weight excluding hydrogens is 865 g/mol. The van der Waals surface area contributed by atoms with Gasteiger partial charge in [0.2, 0.25) is 5.91 Å². The fourth-order valence-corrected chi connectivity index (χ4v) is 11.1. The zero-order chi connectivity index (χ0) is 48.8. The molecule has 6 heterocycles. The largest absolute Gasteiger partial charge is 0.384 e. The predicted molar refractivity (Wildman–Crippen MR) is 275 cm³/mol. The molecule has 3 unspecified atom stereocenters. The summed E-state index contributed by atoms with van der Waals surface area (Å²) >= 11 is 0. The highest BCUT2D eigenvalue weighted by Gasteiger charge is 2.32. The van der Waals surface area contributed by atoms with Crippen molar-refractivity contribution in [3.05, 3.63) is 117 Å².